The van der Waals surface area contributed by atoms with Crippen LogP contribution in [-0.2, 0) is 16.1 Å². The second kappa shape index (κ2) is 10.3. The van der Waals surface area contributed by atoms with Gasteiger partial charge in [0.1, 0.15) is 18.2 Å². The van der Waals surface area contributed by atoms with Crippen molar-refractivity contribution >= 4 is 17.5 Å². The minimum absolute atomic E-state index is 0.0344. The van der Waals surface area contributed by atoms with Gasteiger partial charge >= 0.3 is 0 Å². The maximum atomic E-state index is 13.8. The Balaban J connectivity index is 1.40. The molecule has 0 saturated carbocycles. The molecule has 3 N–H and O–H groups in total. The Bertz CT molecular complexity index is 885. The number of nitrogens with zero attached hydrogens (tertiary/aromatic N) is 1. The van der Waals surface area contributed by atoms with Gasteiger partial charge in [-0.1, -0.05) is 24.3 Å². The second-order valence-corrected chi connectivity index (χ2v) is 7.77. The number of halogens is 2. The number of carbonyl (C=O) groups excluding carboxylic acids is 2. The standard InChI is InChI=1S/C22H26F2N4O2/c1-26(14-17-5-2-3-8-20(17)24)16-22(30)28-11-9-27(10-12-28)15-21(29)25-19-7-4-6-18(23)13-19/h2-8,13H,9-12,14-16H2,1H3,(H,25,29)/p+2. The molecule has 0 spiro atoms. The van der Waals surface area contributed by atoms with Crippen LogP contribution in [0.2, 0.25) is 0 Å². The average molecular weight is 418 g/mol. The predicted molar refractivity (Wildman–Crippen MR) is 109 cm³/mol. The molecule has 2 amide bonds. The third-order valence-electron chi connectivity index (χ3n) is 5.25. The van der Waals surface area contributed by atoms with E-state index in [1.807, 2.05) is 7.05 Å². The summed E-state index contributed by atoms with van der Waals surface area (Å²) in [6, 6.07) is 12.4. The SMILES string of the molecule is C[NH+](CC(=O)N1CC[NH+](CC(=O)Nc2cccc(F)c2)CC1)Cc1ccccc1F. The first-order valence-electron chi connectivity index (χ1n) is 10.1. The number of amides is 2. The van der Waals surface area contributed by atoms with Crippen LogP contribution in [0.15, 0.2) is 48.5 Å². The van der Waals surface area contributed by atoms with Crippen molar-refractivity contribution in [1.29, 1.82) is 0 Å². The van der Waals surface area contributed by atoms with Crippen molar-refractivity contribution in [3.63, 3.8) is 0 Å². The number of likely N-dealkylation sites (N-methyl/N-ethyl adjacent to an activating group) is 1. The average Bonchev–Trinajstić information content (AvgIpc) is 2.70. The van der Waals surface area contributed by atoms with Crippen molar-refractivity contribution in [2.75, 3.05) is 51.6 Å². The molecule has 1 saturated heterocycles. The number of piperazine rings is 1. The zero-order valence-electron chi connectivity index (χ0n) is 17.1. The van der Waals surface area contributed by atoms with Gasteiger partial charge in [0.2, 0.25) is 0 Å². The van der Waals surface area contributed by atoms with Gasteiger partial charge in [-0.2, -0.15) is 0 Å². The second-order valence-electron chi connectivity index (χ2n) is 7.77. The summed E-state index contributed by atoms with van der Waals surface area (Å²) in [5.74, 6) is -0.788. The summed E-state index contributed by atoms with van der Waals surface area (Å²) in [6.45, 7) is 3.52. The fraction of sp³-hybridized carbons (Fsp3) is 0.364. The quantitative estimate of drug-likeness (QED) is 0.560. The highest BCUT2D eigenvalue weighted by Gasteiger charge is 2.27. The third-order valence-corrected chi connectivity index (χ3v) is 5.25. The van der Waals surface area contributed by atoms with Crippen molar-refractivity contribution in [2.24, 2.45) is 0 Å². The van der Waals surface area contributed by atoms with E-state index < -0.39 is 5.82 Å². The van der Waals surface area contributed by atoms with E-state index in [1.54, 1.807) is 35.2 Å². The molecule has 3 rings (SSSR count). The first kappa shape index (κ1) is 21.9. The Morgan fingerprint density at radius 1 is 1.10 bits per heavy atom. The number of quaternary nitrogens is 2. The Hall–Kier alpha value is -2.84. The molecule has 1 heterocycles. The van der Waals surface area contributed by atoms with E-state index in [4.69, 9.17) is 0 Å². The molecule has 2 aromatic rings. The fourth-order valence-electron chi connectivity index (χ4n) is 3.65. The number of benzene rings is 2. The molecule has 30 heavy (non-hydrogen) atoms. The molecule has 1 atom stereocenters. The number of nitrogens with one attached hydrogen (secondary N) is 3. The first-order chi connectivity index (χ1) is 14.4. The highest BCUT2D eigenvalue weighted by molar-refractivity contribution is 5.91. The smallest absolute Gasteiger partial charge is 0.279 e. The monoisotopic (exact) mass is 418 g/mol. The normalized spacial score (nSPS) is 15.6. The van der Waals surface area contributed by atoms with Crippen molar-refractivity contribution in [3.05, 3.63) is 65.7 Å². The number of hydrogen-bond acceptors (Lipinski definition) is 2. The lowest BCUT2D eigenvalue weighted by molar-refractivity contribution is -0.896. The van der Waals surface area contributed by atoms with Gasteiger partial charge in [0, 0.05) is 11.3 Å². The largest absolute Gasteiger partial charge is 0.327 e. The van der Waals surface area contributed by atoms with Crippen LogP contribution in [0.5, 0.6) is 0 Å². The molecule has 0 bridgehead atoms. The minimum Gasteiger partial charge on any atom is -0.327 e. The number of hydrogen-bond donors (Lipinski definition) is 3. The maximum absolute atomic E-state index is 13.8. The molecule has 1 unspecified atom stereocenters. The van der Waals surface area contributed by atoms with E-state index in [2.05, 4.69) is 5.32 Å². The van der Waals surface area contributed by atoms with Crippen molar-refractivity contribution in [1.82, 2.24) is 4.90 Å². The molecule has 8 heteroatoms. The Morgan fingerprint density at radius 2 is 1.83 bits per heavy atom. The van der Waals surface area contributed by atoms with Gasteiger partial charge in [0.05, 0.1) is 33.2 Å². The predicted octanol–water partition coefficient (Wildman–Crippen LogP) is -0.655. The molecule has 0 radical (unpaired) electrons. The van der Waals surface area contributed by atoms with Gasteiger partial charge in [-0.05, 0) is 24.3 Å². The molecule has 1 fully saturated rings. The fourth-order valence-corrected chi connectivity index (χ4v) is 3.65. The zero-order chi connectivity index (χ0) is 21.5. The molecule has 1 aliphatic rings. The van der Waals surface area contributed by atoms with Crippen LogP contribution in [0.1, 0.15) is 5.56 Å². The molecular formula is C22H28F2N4O2+2. The van der Waals surface area contributed by atoms with Crippen LogP contribution in [0.3, 0.4) is 0 Å². The van der Waals surface area contributed by atoms with Crippen LogP contribution in [-0.4, -0.2) is 63.0 Å². The third kappa shape index (κ3) is 6.33. The van der Waals surface area contributed by atoms with Gasteiger partial charge in [-0.25, -0.2) is 8.78 Å². The van der Waals surface area contributed by atoms with Crippen LogP contribution in [0.4, 0.5) is 14.5 Å². The van der Waals surface area contributed by atoms with E-state index in [1.165, 1.54) is 18.2 Å². The molecular weight excluding hydrogens is 390 g/mol. The molecule has 6 nitrogen and oxygen atoms in total. The molecule has 0 aromatic heterocycles. The lowest BCUT2D eigenvalue weighted by Gasteiger charge is -2.32. The highest BCUT2D eigenvalue weighted by Crippen LogP contribution is 2.08. The van der Waals surface area contributed by atoms with Crippen LogP contribution in [0, 0.1) is 11.6 Å². The molecule has 0 aliphatic carbocycles. The number of anilines is 1. The topological polar surface area (TPSA) is 58.3 Å². The number of rotatable bonds is 7. The molecule has 2 aromatic carbocycles. The summed E-state index contributed by atoms with van der Waals surface area (Å²) in [7, 11) is 1.88. The van der Waals surface area contributed by atoms with E-state index in [0.29, 0.717) is 50.5 Å². The number of carbonyl (C=O) groups is 2. The lowest BCUT2D eigenvalue weighted by atomic mass is 10.2. The summed E-state index contributed by atoms with van der Waals surface area (Å²) in [4.78, 5) is 28.6. The summed E-state index contributed by atoms with van der Waals surface area (Å²) in [5.41, 5.74) is 1.04. The maximum Gasteiger partial charge on any atom is 0.279 e. The lowest BCUT2D eigenvalue weighted by Crippen LogP contribution is -3.16. The van der Waals surface area contributed by atoms with Gasteiger partial charge in [-0.3, -0.25) is 9.59 Å². The van der Waals surface area contributed by atoms with Crippen LogP contribution in [0.25, 0.3) is 0 Å². The minimum atomic E-state index is -0.394. The van der Waals surface area contributed by atoms with Crippen molar-refractivity contribution in [2.45, 2.75) is 6.54 Å². The van der Waals surface area contributed by atoms with E-state index in [9.17, 15) is 18.4 Å². The molecule has 1 aliphatic heterocycles. The van der Waals surface area contributed by atoms with Gasteiger partial charge < -0.3 is 20.0 Å². The van der Waals surface area contributed by atoms with Gasteiger partial charge in [0.25, 0.3) is 11.8 Å². The van der Waals surface area contributed by atoms with E-state index in [-0.39, 0.29) is 24.2 Å². The van der Waals surface area contributed by atoms with Gasteiger partial charge in [0.15, 0.2) is 13.1 Å². The molecule has 160 valence electrons. The summed E-state index contributed by atoms with van der Waals surface area (Å²) < 4.78 is 27.0. The van der Waals surface area contributed by atoms with Crippen molar-refractivity contribution < 1.29 is 28.2 Å². The summed E-state index contributed by atoms with van der Waals surface area (Å²) in [6.07, 6.45) is 0. The zero-order valence-corrected chi connectivity index (χ0v) is 17.1. The van der Waals surface area contributed by atoms with E-state index in [0.717, 1.165) is 9.80 Å². The van der Waals surface area contributed by atoms with Crippen LogP contribution >= 0.6 is 0 Å². The van der Waals surface area contributed by atoms with Crippen molar-refractivity contribution in [3.8, 4) is 0 Å². The Morgan fingerprint density at radius 3 is 2.53 bits per heavy atom. The summed E-state index contributed by atoms with van der Waals surface area (Å²) >= 11 is 0. The Labute approximate surface area is 175 Å². The first-order valence-corrected chi connectivity index (χ1v) is 10.1. The summed E-state index contributed by atoms with van der Waals surface area (Å²) in [5, 5.41) is 2.70. The Kier molecular flexibility index (Phi) is 7.48. The highest BCUT2D eigenvalue weighted by atomic mass is 19.1. The van der Waals surface area contributed by atoms with Gasteiger partial charge in [-0.15, -0.1) is 0 Å². The van der Waals surface area contributed by atoms with Crippen LogP contribution < -0.4 is 15.1 Å². The van der Waals surface area contributed by atoms with E-state index >= 15 is 0 Å².